The van der Waals surface area contributed by atoms with Crippen molar-refractivity contribution >= 4 is 5.69 Å². The van der Waals surface area contributed by atoms with E-state index in [4.69, 9.17) is 15.2 Å². The van der Waals surface area contributed by atoms with Gasteiger partial charge >= 0.3 is 0 Å². The van der Waals surface area contributed by atoms with Crippen molar-refractivity contribution < 1.29 is 9.47 Å². The maximum Gasteiger partial charge on any atom is 0.250 e. The Hall–Kier alpha value is -1.33. The first kappa shape index (κ1) is 12.1. The third-order valence-corrected chi connectivity index (χ3v) is 2.86. The molecule has 5 nitrogen and oxygen atoms in total. The first-order valence-electron chi connectivity index (χ1n) is 5.91. The fraction of sp³-hybridized carbons (Fsp3) is 0.583. The van der Waals surface area contributed by atoms with Crippen LogP contribution in [0.25, 0.3) is 0 Å². The molecular formula is C12H18N2O3. The zero-order chi connectivity index (χ0) is 12.1. The molecule has 1 fully saturated rings. The average Bonchev–Trinajstić information content (AvgIpc) is 2.35. The van der Waals surface area contributed by atoms with Crippen LogP contribution < -0.4 is 11.3 Å². The molecule has 0 saturated carbocycles. The maximum absolute atomic E-state index is 11.5. The second kappa shape index (κ2) is 5.84. The summed E-state index contributed by atoms with van der Waals surface area (Å²) >= 11 is 0. The van der Waals surface area contributed by atoms with Crippen LogP contribution in [0.2, 0.25) is 0 Å². The molecule has 0 aromatic carbocycles. The number of rotatable bonds is 4. The number of hydrogen-bond donors (Lipinski definition) is 1. The molecule has 0 spiro atoms. The number of ether oxygens (including phenoxy) is 2. The summed E-state index contributed by atoms with van der Waals surface area (Å²) in [5, 5.41) is 0. The number of aromatic nitrogens is 1. The van der Waals surface area contributed by atoms with Crippen molar-refractivity contribution in [1.29, 1.82) is 0 Å². The van der Waals surface area contributed by atoms with Gasteiger partial charge in [-0.25, -0.2) is 0 Å². The Balaban J connectivity index is 1.81. The van der Waals surface area contributed by atoms with E-state index in [-0.39, 0.29) is 11.7 Å². The third kappa shape index (κ3) is 3.57. The average molecular weight is 238 g/mol. The number of nitrogens with two attached hydrogens (primary N) is 1. The van der Waals surface area contributed by atoms with E-state index in [9.17, 15) is 4.79 Å². The summed E-state index contributed by atoms with van der Waals surface area (Å²) in [7, 11) is 0. The Labute approximate surface area is 100 Å². The van der Waals surface area contributed by atoms with Crippen LogP contribution in [-0.4, -0.2) is 30.5 Å². The normalized spacial score (nSPS) is 17.2. The van der Waals surface area contributed by atoms with Gasteiger partial charge in [-0.1, -0.05) is 0 Å². The first-order chi connectivity index (χ1) is 8.25. The molecule has 0 amide bonds. The van der Waals surface area contributed by atoms with Crippen molar-refractivity contribution in [1.82, 2.24) is 4.57 Å². The van der Waals surface area contributed by atoms with Crippen molar-refractivity contribution in [2.24, 2.45) is 0 Å². The Bertz CT molecular complexity index is 410. The van der Waals surface area contributed by atoms with Gasteiger partial charge in [0.1, 0.15) is 0 Å². The van der Waals surface area contributed by atoms with Crippen molar-refractivity contribution in [2.75, 3.05) is 25.6 Å². The van der Waals surface area contributed by atoms with Gasteiger partial charge in [-0.2, -0.15) is 0 Å². The second-order valence-electron chi connectivity index (χ2n) is 4.18. The fourth-order valence-corrected chi connectivity index (χ4v) is 1.88. The maximum atomic E-state index is 11.5. The monoisotopic (exact) mass is 238 g/mol. The summed E-state index contributed by atoms with van der Waals surface area (Å²) in [6, 6.07) is 3.09. The molecule has 1 aromatic rings. The molecule has 0 atom stereocenters. The highest BCUT2D eigenvalue weighted by Crippen LogP contribution is 2.10. The van der Waals surface area contributed by atoms with Crippen molar-refractivity contribution in [3.63, 3.8) is 0 Å². The molecule has 1 aliphatic heterocycles. The number of nitrogens with zero attached hydrogens (tertiary/aromatic N) is 1. The van der Waals surface area contributed by atoms with Crippen LogP contribution in [-0.2, 0) is 16.0 Å². The van der Waals surface area contributed by atoms with Crippen molar-refractivity contribution in [3.8, 4) is 0 Å². The lowest BCUT2D eigenvalue weighted by Gasteiger charge is -2.22. The van der Waals surface area contributed by atoms with Gasteiger partial charge in [-0.3, -0.25) is 4.79 Å². The summed E-state index contributed by atoms with van der Waals surface area (Å²) in [6.07, 6.45) is 3.79. The van der Waals surface area contributed by atoms with Crippen LogP contribution in [0, 0.1) is 0 Å². The van der Waals surface area contributed by atoms with Crippen LogP contribution in [0.4, 0.5) is 5.69 Å². The van der Waals surface area contributed by atoms with Crippen LogP contribution >= 0.6 is 0 Å². The van der Waals surface area contributed by atoms with Gasteiger partial charge in [0.15, 0.2) is 0 Å². The summed E-state index contributed by atoms with van der Waals surface area (Å²) < 4.78 is 12.5. The van der Waals surface area contributed by atoms with Crippen molar-refractivity contribution in [2.45, 2.75) is 25.5 Å². The Morgan fingerprint density at radius 2 is 2.18 bits per heavy atom. The first-order valence-corrected chi connectivity index (χ1v) is 5.91. The molecule has 94 valence electrons. The lowest BCUT2D eigenvalue weighted by Crippen LogP contribution is -2.27. The van der Waals surface area contributed by atoms with Gasteiger partial charge in [0.25, 0.3) is 5.56 Å². The highest BCUT2D eigenvalue weighted by molar-refractivity contribution is 5.33. The third-order valence-electron chi connectivity index (χ3n) is 2.86. The molecule has 0 bridgehead atoms. The van der Waals surface area contributed by atoms with Crippen molar-refractivity contribution in [3.05, 3.63) is 28.7 Å². The number of pyridine rings is 1. The largest absolute Gasteiger partial charge is 0.398 e. The standard InChI is InChI=1S/C12H18N2O3/c13-10-1-2-12(15)14(9-10)5-8-17-11-3-6-16-7-4-11/h1-2,9,11H,3-8,13H2. The summed E-state index contributed by atoms with van der Waals surface area (Å²) in [6.45, 7) is 2.61. The van der Waals surface area contributed by atoms with E-state index >= 15 is 0 Å². The van der Waals surface area contributed by atoms with E-state index in [1.807, 2.05) is 0 Å². The minimum Gasteiger partial charge on any atom is -0.398 e. The molecule has 2 heterocycles. The molecule has 5 heteroatoms. The van der Waals surface area contributed by atoms with E-state index in [2.05, 4.69) is 0 Å². The number of anilines is 1. The Morgan fingerprint density at radius 3 is 2.94 bits per heavy atom. The summed E-state index contributed by atoms with van der Waals surface area (Å²) in [4.78, 5) is 11.5. The number of nitrogen functional groups attached to an aromatic ring is 1. The Morgan fingerprint density at radius 1 is 1.41 bits per heavy atom. The van der Waals surface area contributed by atoms with Gasteiger partial charge in [-0.15, -0.1) is 0 Å². The molecule has 2 N–H and O–H groups in total. The highest BCUT2D eigenvalue weighted by Gasteiger charge is 2.13. The second-order valence-corrected chi connectivity index (χ2v) is 4.18. The van der Waals surface area contributed by atoms with Gasteiger partial charge in [-0.05, 0) is 18.9 Å². The zero-order valence-corrected chi connectivity index (χ0v) is 9.80. The molecule has 17 heavy (non-hydrogen) atoms. The highest BCUT2D eigenvalue weighted by atomic mass is 16.5. The van der Waals surface area contributed by atoms with Crippen LogP contribution in [0.3, 0.4) is 0 Å². The molecule has 0 radical (unpaired) electrons. The number of hydrogen-bond acceptors (Lipinski definition) is 4. The summed E-state index contributed by atoms with van der Waals surface area (Å²) in [5.74, 6) is 0. The van der Waals surface area contributed by atoms with Crippen LogP contribution in [0.15, 0.2) is 23.1 Å². The lowest BCUT2D eigenvalue weighted by molar-refractivity contribution is -0.0340. The minimum atomic E-state index is -0.0465. The quantitative estimate of drug-likeness (QED) is 0.835. The van der Waals surface area contributed by atoms with Gasteiger partial charge in [0.05, 0.1) is 12.7 Å². The van der Waals surface area contributed by atoms with Crippen LogP contribution in [0.1, 0.15) is 12.8 Å². The van der Waals surface area contributed by atoms with E-state index in [1.54, 1.807) is 16.8 Å². The van der Waals surface area contributed by atoms with Gasteiger partial charge in [0, 0.05) is 37.7 Å². The molecule has 2 rings (SSSR count). The van der Waals surface area contributed by atoms with E-state index in [0.29, 0.717) is 18.8 Å². The minimum absolute atomic E-state index is 0.0465. The van der Waals surface area contributed by atoms with Gasteiger partial charge in [0.2, 0.25) is 0 Å². The van der Waals surface area contributed by atoms with E-state index in [0.717, 1.165) is 26.1 Å². The SMILES string of the molecule is Nc1ccc(=O)n(CCOC2CCOCC2)c1. The summed E-state index contributed by atoms with van der Waals surface area (Å²) in [5.41, 5.74) is 6.17. The Kier molecular flexibility index (Phi) is 4.17. The smallest absolute Gasteiger partial charge is 0.250 e. The molecule has 0 aliphatic carbocycles. The lowest BCUT2D eigenvalue weighted by atomic mass is 10.2. The zero-order valence-electron chi connectivity index (χ0n) is 9.80. The predicted octanol–water partition coefficient (Wildman–Crippen LogP) is 0.626. The van der Waals surface area contributed by atoms with Crippen LogP contribution in [0.5, 0.6) is 0 Å². The van der Waals surface area contributed by atoms with Gasteiger partial charge < -0.3 is 19.8 Å². The molecular weight excluding hydrogens is 220 g/mol. The van der Waals surface area contributed by atoms with E-state index < -0.39 is 0 Å². The molecule has 1 saturated heterocycles. The molecule has 0 unspecified atom stereocenters. The predicted molar refractivity (Wildman–Crippen MR) is 64.9 cm³/mol. The molecule has 1 aromatic heterocycles. The molecule has 1 aliphatic rings. The topological polar surface area (TPSA) is 66.5 Å². The fourth-order valence-electron chi connectivity index (χ4n) is 1.88. The van der Waals surface area contributed by atoms with E-state index in [1.165, 1.54) is 6.07 Å².